The Balaban J connectivity index is 1.57. The fraction of sp³-hybridized carbons (Fsp3) is 0.333. The van der Waals surface area contributed by atoms with Crippen LogP contribution in [0.4, 0.5) is 5.95 Å². The van der Waals surface area contributed by atoms with Gasteiger partial charge in [0.05, 0.1) is 24.3 Å². The van der Waals surface area contributed by atoms with E-state index < -0.39 is 0 Å². The fourth-order valence-electron chi connectivity index (χ4n) is 4.15. The molecule has 4 heterocycles. The third-order valence-corrected chi connectivity index (χ3v) is 5.56. The maximum absolute atomic E-state index is 6.00. The van der Waals surface area contributed by atoms with Crippen molar-refractivity contribution >= 4 is 5.95 Å². The summed E-state index contributed by atoms with van der Waals surface area (Å²) < 4.78 is 6.00. The van der Waals surface area contributed by atoms with Gasteiger partial charge in [-0.1, -0.05) is 30.3 Å². The summed E-state index contributed by atoms with van der Waals surface area (Å²) in [5, 5.41) is 0. The highest BCUT2D eigenvalue weighted by molar-refractivity contribution is 5.56. The van der Waals surface area contributed by atoms with Crippen LogP contribution in [0.1, 0.15) is 23.4 Å². The van der Waals surface area contributed by atoms with Crippen molar-refractivity contribution in [2.24, 2.45) is 0 Å². The van der Waals surface area contributed by atoms with E-state index in [1.807, 2.05) is 24.3 Å². The Morgan fingerprint density at radius 2 is 1.85 bits per heavy atom. The standard InChI is InChI=1S/C21H21N5O/c1-15-17-12-27-14-21(8-11-26(13-21)20-22-9-5-10-23-20)18(17)25-19(24-15)16-6-3-2-4-7-16/h2-7,9-10H,8,11-14H2,1H3. The largest absolute Gasteiger partial charge is 0.376 e. The molecule has 0 radical (unpaired) electrons. The second-order valence-corrected chi connectivity index (χ2v) is 7.32. The van der Waals surface area contributed by atoms with Crippen molar-refractivity contribution in [1.82, 2.24) is 19.9 Å². The van der Waals surface area contributed by atoms with Gasteiger partial charge in [-0.25, -0.2) is 19.9 Å². The first-order chi connectivity index (χ1) is 13.3. The van der Waals surface area contributed by atoms with Crippen LogP contribution in [0.25, 0.3) is 11.4 Å². The first-order valence-corrected chi connectivity index (χ1v) is 9.28. The van der Waals surface area contributed by atoms with E-state index in [-0.39, 0.29) is 5.41 Å². The Bertz CT molecular complexity index is 963. The van der Waals surface area contributed by atoms with Crippen LogP contribution in [-0.4, -0.2) is 39.6 Å². The van der Waals surface area contributed by atoms with Crippen molar-refractivity contribution < 1.29 is 4.74 Å². The molecule has 2 aliphatic rings. The van der Waals surface area contributed by atoms with Crippen LogP contribution < -0.4 is 4.90 Å². The molecule has 0 N–H and O–H groups in total. The predicted molar refractivity (Wildman–Crippen MR) is 102 cm³/mol. The molecule has 1 fully saturated rings. The van der Waals surface area contributed by atoms with Gasteiger partial charge in [0, 0.05) is 42.3 Å². The zero-order valence-corrected chi connectivity index (χ0v) is 15.3. The average Bonchev–Trinajstić information content (AvgIpc) is 3.15. The minimum Gasteiger partial charge on any atom is -0.376 e. The molecule has 1 unspecified atom stereocenters. The van der Waals surface area contributed by atoms with Gasteiger partial charge in [-0.3, -0.25) is 0 Å². The van der Waals surface area contributed by atoms with Crippen LogP contribution in [0.15, 0.2) is 48.8 Å². The highest BCUT2D eigenvalue weighted by atomic mass is 16.5. The summed E-state index contributed by atoms with van der Waals surface area (Å²) >= 11 is 0. The number of nitrogens with zero attached hydrogens (tertiary/aromatic N) is 5. The van der Waals surface area contributed by atoms with E-state index in [9.17, 15) is 0 Å². The average molecular weight is 359 g/mol. The molecule has 1 atom stereocenters. The van der Waals surface area contributed by atoms with Crippen LogP contribution in [0.2, 0.25) is 0 Å². The minimum atomic E-state index is -0.135. The molecule has 1 spiro atoms. The van der Waals surface area contributed by atoms with Gasteiger partial charge in [0.2, 0.25) is 5.95 Å². The van der Waals surface area contributed by atoms with Gasteiger partial charge in [0.1, 0.15) is 0 Å². The number of hydrogen-bond donors (Lipinski definition) is 0. The van der Waals surface area contributed by atoms with Crippen LogP contribution in [0.5, 0.6) is 0 Å². The zero-order chi connectivity index (χ0) is 18.3. The summed E-state index contributed by atoms with van der Waals surface area (Å²) in [7, 11) is 0. The van der Waals surface area contributed by atoms with E-state index >= 15 is 0 Å². The summed E-state index contributed by atoms with van der Waals surface area (Å²) in [6.45, 7) is 5.03. The quantitative estimate of drug-likeness (QED) is 0.701. The molecule has 3 aromatic rings. The van der Waals surface area contributed by atoms with Gasteiger partial charge in [0.25, 0.3) is 0 Å². The first kappa shape index (κ1) is 16.3. The van der Waals surface area contributed by atoms with Gasteiger partial charge >= 0.3 is 0 Å². The Labute approximate surface area is 158 Å². The van der Waals surface area contributed by atoms with Crippen molar-refractivity contribution in [1.29, 1.82) is 0 Å². The van der Waals surface area contributed by atoms with Gasteiger partial charge in [-0.15, -0.1) is 0 Å². The Hall–Kier alpha value is -2.86. The second-order valence-electron chi connectivity index (χ2n) is 7.32. The number of hydrogen-bond acceptors (Lipinski definition) is 6. The molecule has 0 saturated carbocycles. The second kappa shape index (κ2) is 6.39. The molecule has 6 nitrogen and oxygen atoms in total. The van der Waals surface area contributed by atoms with Gasteiger partial charge in [-0.05, 0) is 19.4 Å². The van der Waals surface area contributed by atoms with E-state index in [1.54, 1.807) is 12.4 Å². The van der Waals surface area contributed by atoms with Gasteiger partial charge in [-0.2, -0.15) is 0 Å². The number of aromatic nitrogens is 4. The lowest BCUT2D eigenvalue weighted by atomic mass is 9.80. The SMILES string of the molecule is Cc1nc(-c2ccccc2)nc2c1COCC21CCN(c2ncccn2)C1. The lowest BCUT2D eigenvalue weighted by molar-refractivity contribution is 0.0552. The number of anilines is 1. The van der Waals surface area contributed by atoms with E-state index in [0.717, 1.165) is 53.8 Å². The molecule has 2 aliphatic heterocycles. The van der Waals surface area contributed by atoms with Crippen LogP contribution in [-0.2, 0) is 16.8 Å². The minimum absolute atomic E-state index is 0.135. The molecule has 2 aromatic heterocycles. The highest BCUT2D eigenvalue weighted by Crippen LogP contribution is 2.41. The van der Waals surface area contributed by atoms with Crippen LogP contribution in [0, 0.1) is 6.92 Å². The van der Waals surface area contributed by atoms with Crippen molar-refractivity contribution in [3.05, 3.63) is 65.7 Å². The van der Waals surface area contributed by atoms with E-state index in [4.69, 9.17) is 14.7 Å². The Kier molecular flexibility index (Phi) is 3.86. The molecule has 27 heavy (non-hydrogen) atoms. The number of rotatable bonds is 2. The number of fused-ring (bicyclic) bond motifs is 2. The molecule has 0 bridgehead atoms. The van der Waals surface area contributed by atoms with E-state index in [0.29, 0.717) is 13.2 Å². The summed E-state index contributed by atoms with van der Waals surface area (Å²) in [4.78, 5) is 20.9. The smallest absolute Gasteiger partial charge is 0.225 e. The third-order valence-electron chi connectivity index (χ3n) is 5.56. The lowest BCUT2D eigenvalue weighted by Crippen LogP contribution is -2.41. The summed E-state index contributed by atoms with van der Waals surface area (Å²) in [5.74, 6) is 1.57. The number of ether oxygens (including phenoxy) is 1. The highest BCUT2D eigenvalue weighted by Gasteiger charge is 2.46. The molecule has 1 aromatic carbocycles. The molecule has 0 amide bonds. The molecule has 5 rings (SSSR count). The molecular weight excluding hydrogens is 338 g/mol. The molecule has 1 saturated heterocycles. The van der Waals surface area contributed by atoms with Gasteiger partial charge in [0.15, 0.2) is 5.82 Å². The predicted octanol–water partition coefficient (Wildman–Crippen LogP) is 2.92. The monoisotopic (exact) mass is 359 g/mol. The molecule has 0 aliphatic carbocycles. The number of aryl methyl sites for hydroxylation is 1. The van der Waals surface area contributed by atoms with E-state index in [2.05, 4.69) is 33.9 Å². The maximum Gasteiger partial charge on any atom is 0.225 e. The lowest BCUT2D eigenvalue weighted by Gasteiger charge is -2.35. The maximum atomic E-state index is 6.00. The molecular formula is C21H21N5O. The topological polar surface area (TPSA) is 64.0 Å². The van der Waals surface area contributed by atoms with Crippen molar-refractivity contribution in [3.63, 3.8) is 0 Å². The summed E-state index contributed by atoms with van der Waals surface area (Å²) in [5.41, 5.74) is 4.19. The zero-order valence-electron chi connectivity index (χ0n) is 15.3. The number of benzene rings is 1. The van der Waals surface area contributed by atoms with E-state index in [1.165, 1.54) is 0 Å². The van der Waals surface area contributed by atoms with Crippen LogP contribution >= 0.6 is 0 Å². The Morgan fingerprint density at radius 1 is 1.04 bits per heavy atom. The first-order valence-electron chi connectivity index (χ1n) is 9.28. The molecule has 136 valence electrons. The summed E-state index contributed by atoms with van der Waals surface area (Å²) in [6, 6.07) is 12.0. The van der Waals surface area contributed by atoms with Crippen LogP contribution in [0.3, 0.4) is 0 Å². The van der Waals surface area contributed by atoms with Gasteiger partial charge < -0.3 is 9.64 Å². The third kappa shape index (κ3) is 2.77. The van der Waals surface area contributed by atoms with Crippen molar-refractivity contribution in [3.8, 4) is 11.4 Å². The fourth-order valence-corrected chi connectivity index (χ4v) is 4.15. The normalized spacial score (nSPS) is 21.4. The Morgan fingerprint density at radius 3 is 2.67 bits per heavy atom. The summed E-state index contributed by atoms with van der Waals surface area (Å²) in [6.07, 6.45) is 4.56. The molecule has 6 heteroatoms. The van der Waals surface area contributed by atoms with Crippen molar-refractivity contribution in [2.45, 2.75) is 25.4 Å². The van der Waals surface area contributed by atoms with Crippen molar-refractivity contribution in [2.75, 3.05) is 24.6 Å².